The molecule has 0 fully saturated rings. The Bertz CT molecular complexity index is 570. The molecule has 3 heteroatoms. The normalized spacial score (nSPS) is 9.75. The fourth-order valence-corrected chi connectivity index (χ4v) is 1.76. The zero-order valence-corrected chi connectivity index (χ0v) is 9.20. The Balaban J connectivity index is 2.59. The number of rotatable bonds is 1. The minimum absolute atomic E-state index is 0.470. The zero-order chi connectivity index (χ0) is 11.5. The van der Waals surface area contributed by atoms with Crippen LogP contribution in [0.15, 0.2) is 42.5 Å². The Morgan fingerprint density at radius 3 is 2.56 bits per heavy atom. The van der Waals surface area contributed by atoms with E-state index in [0.29, 0.717) is 16.3 Å². The molecule has 78 valence electrons. The number of nitrogens with zero attached hydrogens (tertiary/aromatic N) is 1. The fourth-order valence-electron chi connectivity index (χ4n) is 1.52. The Morgan fingerprint density at radius 2 is 1.88 bits per heavy atom. The van der Waals surface area contributed by atoms with E-state index in [2.05, 4.69) is 6.07 Å². The molecule has 0 atom stereocenters. The van der Waals surface area contributed by atoms with Crippen LogP contribution in [0.3, 0.4) is 0 Å². The van der Waals surface area contributed by atoms with Gasteiger partial charge >= 0.3 is 0 Å². The molecular weight excluding hydrogens is 220 g/mol. The number of nitriles is 1. The molecule has 0 aliphatic rings. The lowest BCUT2D eigenvalue weighted by Crippen LogP contribution is -1.90. The van der Waals surface area contributed by atoms with Crippen molar-refractivity contribution in [2.75, 3.05) is 5.73 Å². The number of nitrogens with two attached hydrogens (primary N) is 1. The summed E-state index contributed by atoms with van der Waals surface area (Å²) in [7, 11) is 0. The van der Waals surface area contributed by atoms with Gasteiger partial charge in [0.15, 0.2) is 0 Å². The standard InChI is InChI=1S/C13H9ClN2/c14-12-4-2-1-3-11(12)9-5-6-13(16)10(7-9)8-15/h1-7H,16H2. The van der Waals surface area contributed by atoms with Crippen LogP contribution >= 0.6 is 11.6 Å². The summed E-state index contributed by atoms with van der Waals surface area (Å²) in [5.41, 5.74) is 8.42. The lowest BCUT2D eigenvalue weighted by Gasteiger charge is -2.05. The Kier molecular flexibility index (Phi) is 2.80. The molecule has 0 aliphatic heterocycles. The molecule has 0 radical (unpaired) electrons. The van der Waals surface area contributed by atoms with Gasteiger partial charge in [0.25, 0.3) is 0 Å². The van der Waals surface area contributed by atoms with E-state index in [1.165, 1.54) is 0 Å². The van der Waals surface area contributed by atoms with E-state index in [1.807, 2.05) is 30.3 Å². The van der Waals surface area contributed by atoms with Crippen LogP contribution in [0.1, 0.15) is 5.56 Å². The molecule has 0 heterocycles. The van der Waals surface area contributed by atoms with Gasteiger partial charge in [-0.1, -0.05) is 35.9 Å². The van der Waals surface area contributed by atoms with E-state index in [9.17, 15) is 0 Å². The predicted octanol–water partition coefficient (Wildman–Crippen LogP) is 3.46. The van der Waals surface area contributed by atoms with Crippen molar-refractivity contribution in [2.45, 2.75) is 0 Å². The molecule has 0 amide bonds. The Labute approximate surface area is 98.9 Å². The summed E-state index contributed by atoms with van der Waals surface area (Å²) in [6.07, 6.45) is 0. The highest BCUT2D eigenvalue weighted by Gasteiger charge is 2.05. The minimum Gasteiger partial charge on any atom is -0.398 e. The highest BCUT2D eigenvalue weighted by molar-refractivity contribution is 6.33. The Hall–Kier alpha value is -1.98. The van der Waals surface area contributed by atoms with Gasteiger partial charge in [0, 0.05) is 16.3 Å². The number of hydrogen-bond acceptors (Lipinski definition) is 2. The van der Waals surface area contributed by atoms with Gasteiger partial charge in [-0.2, -0.15) is 5.26 Å². The summed E-state index contributed by atoms with van der Waals surface area (Å²) in [5, 5.41) is 9.56. The number of nitrogen functional groups attached to an aromatic ring is 1. The number of halogens is 1. The van der Waals surface area contributed by atoms with Gasteiger partial charge in [0.1, 0.15) is 6.07 Å². The molecule has 2 N–H and O–H groups in total. The second-order valence-electron chi connectivity index (χ2n) is 3.39. The van der Waals surface area contributed by atoms with Gasteiger partial charge in [-0.05, 0) is 23.8 Å². The van der Waals surface area contributed by atoms with Crippen molar-refractivity contribution in [3.05, 3.63) is 53.1 Å². The third-order valence-corrected chi connectivity index (χ3v) is 2.69. The highest BCUT2D eigenvalue weighted by atomic mass is 35.5. The first-order valence-corrected chi connectivity index (χ1v) is 5.14. The summed E-state index contributed by atoms with van der Waals surface area (Å²) in [5.74, 6) is 0. The minimum atomic E-state index is 0.470. The molecule has 0 bridgehead atoms. The third-order valence-electron chi connectivity index (χ3n) is 2.36. The summed E-state index contributed by atoms with van der Waals surface area (Å²) < 4.78 is 0. The van der Waals surface area contributed by atoms with Crippen LogP contribution in [0.4, 0.5) is 5.69 Å². The second-order valence-corrected chi connectivity index (χ2v) is 3.80. The molecule has 0 aromatic heterocycles. The molecule has 16 heavy (non-hydrogen) atoms. The molecule has 0 aliphatic carbocycles. The molecular formula is C13H9ClN2. The lowest BCUT2D eigenvalue weighted by atomic mass is 10.0. The molecule has 2 nitrogen and oxygen atoms in total. The van der Waals surface area contributed by atoms with Crippen LogP contribution in [0, 0.1) is 11.3 Å². The summed E-state index contributed by atoms with van der Waals surface area (Å²) in [6, 6.07) is 14.9. The van der Waals surface area contributed by atoms with Gasteiger partial charge in [-0.25, -0.2) is 0 Å². The maximum absolute atomic E-state index is 8.90. The Morgan fingerprint density at radius 1 is 1.12 bits per heavy atom. The van der Waals surface area contributed by atoms with E-state index in [0.717, 1.165) is 11.1 Å². The van der Waals surface area contributed by atoms with E-state index in [-0.39, 0.29) is 0 Å². The van der Waals surface area contributed by atoms with Crippen LogP contribution in [0.5, 0.6) is 0 Å². The number of benzene rings is 2. The summed E-state index contributed by atoms with van der Waals surface area (Å²) in [6.45, 7) is 0. The van der Waals surface area contributed by atoms with Crippen molar-refractivity contribution in [3.8, 4) is 17.2 Å². The van der Waals surface area contributed by atoms with E-state index >= 15 is 0 Å². The number of hydrogen-bond donors (Lipinski definition) is 1. The summed E-state index contributed by atoms with van der Waals surface area (Å²) >= 11 is 6.08. The topological polar surface area (TPSA) is 49.8 Å². The molecule has 0 saturated heterocycles. The SMILES string of the molecule is N#Cc1cc(-c2ccccc2Cl)ccc1N. The average Bonchev–Trinajstić information content (AvgIpc) is 2.31. The van der Waals surface area contributed by atoms with E-state index in [4.69, 9.17) is 22.6 Å². The predicted molar refractivity (Wildman–Crippen MR) is 66.0 cm³/mol. The first-order valence-electron chi connectivity index (χ1n) is 4.77. The quantitative estimate of drug-likeness (QED) is 0.760. The van der Waals surface area contributed by atoms with Crippen molar-refractivity contribution >= 4 is 17.3 Å². The molecule has 0 spiro atoms. The van der Waals surface area contributed by atoms with Crippen molar-refractivity contribution in [1.82, 2.24) is 0 Å². The molecule has 0 unspecified atom stereocenters. The highest BCUT2D eigenvalue weighted by Crippen LogP contribution is 2.29. The van der Waals surface area contributed by atoms with Crippen molar-refractivity contribution in [1.29, 1.82) is 5.26 Å². The van der Waals surface area contributed by atoms with Gasteiger partial charge in [0.05, 0.1) is 5.56 Å². The average molecular weight is 229 g/mol. The molecule has 0 saturated carbocycles. The van der Waals surface area contributed by atoms with Crippen molar-refractivity contribution < 1.29 is 0 Å². The van der Waals surface area contributed by atoms with Crippen LogP contribution in [0.2, 0.25) is 5.02 Å². The van der Waals surface area contributed by atoms with Crippen LogP contribution in [0.25, 0.3) is 11.1 Å². The maximum atomic E-state index is 8.90. The van der Waals surface area contributed by atoms with Gasteiger partial charge < -0.3 is 5.73 Å². The van der Waals surface area contributed by atoms with Gasteiger partial charge in [-0.15, -0.1) is 0 Å². The smallest absolute Gasteiger partial charge is 0.101 e. The molecule has 2 rings (SSSR count). The van der Waals surface area contributed by atoms with Gasteiger partial charge in [-0.3, -0.25) is 0 Å². The number of anilines is 1. The van der Waals surface area contributed by atoms with E-state index < -0.39 is 0 Å². The van der Waals surface area contributed by atoms with Crippen LogP contribution in [-0.2, 0) is 0 Å². The first-order chi connectivity index (χ1) is 7.72. The van der Waals surface area contributed by atoms with Crippen molar-refractivity contribution in [3.63, 3.8) is 0 Å². The maximum Gasteiger partial charge on any atom is 0.101 e. The zero-order valence-electron chi connectivity index (χ0n) is 8.44. The molecule has 2 aromatic carbocycles. The monoisotopic (exact) mass is 228 g/mol. The van der Waals surface area contributed by atoms with Crippen LogP contribution < -0.4 is 5.73 Å². The lowest BCUT2D eigenvalue weighted by molar-refractivity contribution is 1.48. The largest absolute Gasteiger partial charge is 0.398 e. The first kappa shape index (κ1) is 10.5. The second kappa shape index (κ2) is 4.26. The molecule has 2 aromatic rings. The fraction of sp³-hybridized carbons (Fsp3) is 0. The summed E-state index contributed by atoms with van der Waals surface area (Å²) in [4.78, 5) is 0. The van der Waals surface area contributed by atoms with Gasteiger partial charge in [0.2, 0.25) is 0 Å². The van der Waals surface area contributed by atoms with Crippen molar-refractivity contribution in [2.24, 2.45) is 0 Å². The third kappa shape index (κ3) is 1.86. The van der Waals surface area contributed by atoms with E-state index in [1.54, 1.807) is 12.1 Å². The van der Waals surface area contributed by atoms with Crippen LogP contribution in [-0.4, -0.2) is 0 Å².